The maximum absolute atomic E-state index is 4.30. The first kappa shape index (κ1) is 6.14. The molecule has 0 fully saturated rings. The van der Waals surface area contributed by atoms with Gasteiger partial charge in [-0.2, -0.15) is 0 Å². The zero-order valence-corrected chi connectivity index (χ0v) is 6.16. The molecule has 0 N–H and O–H groups in total. The highest BCUT2D eigenvalue weighted by Crippen LogP contribution is 2.28. The molecule has 0 aromatic heterocycles. The molecule has 0 spiro atoms. The van der Waals surface area contributed by atoms with Gasteiger partial charge >= 0.3 is 0 Å². The van der Waals surface area contributed by atoms with Crippen molar-refractivity contribution in [2.45, 2.75) is 19.3 Å². The zero-order chi connectivity index (χ0) is 6.81. The third kappa shape index (κ3) is 1.00. The first-order chi connectivity index (χ1) is 4.97. The summed E-state index contributed by atoms with van der Waals surface area (Å²) in [7, 11) is 0. The van der Waals surface area contributed by atoms with Crippen molar-refractivity contribution in [3.8, 4) is 0 Å². The Balaban J connectivity index is 2.12. The van der Waals surface area contributed by atoms with Gasteiger partial charge in [-0.3, -0.25) is 4.99 Å². The summed E-state index contributed by atoms with van der Waals surface area (Å²) < 4.78 is 0. The van der Waals surface area contributed by atoms with E-state index in [0.717, 1.165) is 18.4 Å². The topological polar surface area (TPSA) is 12.4 Å². The van der Waals surface area contributed by atoms with Gasteiger partial charge in [0.15, 0.2) is 0 Å². The molecule has 2 unspecified atom stereocenters. The third-order valence-electron chi connectivity index (χ3n) is 2.55. The van der Waals surface area contributed by atoms with Crippen molar-refractivity contribution in [2.24, 2.45) is 16.8 Å². The van der Waals surface area contributed by atoms with E-state index in [4.69, 9.17) is 0 Å². The lowest BCUT2D eigenvalue weighted by atomic mass is 9.80. The Morgan fingerprint density at radius 1 is 1.20 bits per heavy atom. The standard InChI is InChI=1S/C9H13N/c1-2-4-9-7-10-6-5-8(9)3-1/h1-2,7-9H,3-6H2. The first-order valence-corrected chi connectivity index (χ1v) is 4.12. The van der Waals surface area contributed by atoms with E-state index in [1.165, 1.54) is 19.3 Å². The predicted octanol–water partition coefficient (Wildman–Crippen LogP) is 2.04. The largest absolute Gasteiger partial charge is 0.297 e. The smallest absolute Gasteiger partial charge is 0.0388 e. The van der Waals surface area contributed by atoms with E-state index < -0.39 is 0 Å². The van der Waals surface area contributed by atoms with Crippen molar-refractivity contribution in [3.05, 3.63) is 12.2 Å². The lowest BCUT2D eigenvalue weighted by Gasteiger charge is -2.27. The van der Waals surface area contributed by atoms with Crippen molar-refractivity contribution in [3.63, 3.8) is 0 Å². The molecule has 0 radical (unpaired) electrons. The minimum absolute atomic E-state index is 0.777. The molecule has 2 atom stereocenters. The molecule has 2 rings (SSSR count). The minimum atomic E-state index is 0.777. The van der Waals surface area contributed by atoms with Crippen molar-refractivity contribution < 1.29 is 0 Å². The van der Waals surface area contributed by atoms with Crippen LogP contribution in [0.25, 0.3) is 0 Å². The average molecular weight is 135 g/mol. The van der Waals surface area contributed by atoms with Crippen LogP contribution in [0.1, 0.15) is 19.3 Å². The second-order valence-corrected chi connectivity index (χ2v) is 3.21. The number of fused-ring (bicyclic) bond motifs is 1. The third-order valence-corrected chi connectivity index (χ3v) is 2.55. The van der Waals surface area contributed by atoms with E-state index >= 15 is 0 Å². The normalized spacial score (nSPS) is 37.6. The molecule has 0 amide bonds. The van der Waals surface area contributed by atoms with Gasteiger partial charge in [-0.25, -0.2) is 0 Å². The fraction of sp³-hybridized carbons (Fsp3) is 0.667. The van der Waals surface area contributed by atoms with Gasteiger partial charge in [0.2, 0.25) is 0 Å². The summed E-state index contributed by atoms with van der Waals surface area (Å²) >= 11 is 0. The zero-order valence-electron chi connectivity index (χ0n) is 6.16. The van der Waals surface area contributed by atoms with Crippen LogP contribution in [0.3, 0.4) is 0 Å². The summed E-state index contributed by atoms with van der Waals surface area (Å²) in [4.78, 5) is 4.30. The molecule has 1 heterocycles. The van der Waals surface area contributed by atoms with E-state index in [-0.39, 0.29) is 0 Å². The van der Waals surface area contributed by atoms with Crippen molar-refractivity contribution in [1.82, 2.24) is 0 Å². The van der Waals surface area contributed by atoms with Crippen molar-refractivity contribution in [1.29, 1.82) is 0 Å². The number of hydrogen-bond acceptors (Lipinski definition) is 1. The molecule has 1 aliphatic heterocycles. The van der Waals surface area contributed by atoms with Gasteiger partial charge in [0.1, 0.15) is 0 Å². The maximum atomic E-state index is 4.30. The lowest BCUT2D eigenvalue weighted by Crippen LogP contribution is -2.22. The number of nitrogens with zero attached hydrogens (tertiary/aromatic N) is 1. The first-order valence-electron chi connectivity index (χ1n) is 4.12. The molecule has 1 aliphatic carbocycles. The van der Waals surface area contributed by atoms with Gasteiger partial charge in [0.05, 0.1) is 0 Å². The molecule has 10 heavy (non-hydrogen) atoms. The van der Waals surface area contributed by atoms with Crippen LogP contribution in [-0.2, 0) is 0 Å². The quantitative estimate of drug-likeness (QED) is 0.451. The fourth-order valence-electron chi connectivity index (χ4n) is 1.86. The van der Waals surface area contributed by atoms with Crippen LogP contribution in [0.5, 0.6) is 0 Å². The lowest BCUT2D eigenvalue weighted by molar-refractivity contribution is 0.376. The molecular formula is C9H13N. The maximum Gasteiger partial charge on any atom is 0.0388 e. The van der Waals surface area contributed by atoms with Crippen LogP contribution >= 0.6 is 0 Å². The van der Waals surface area contributed by atoms with Gasteiger partial charge < -0.3 is 0 Å². The Labute approximate surface area is 61.9 Å². The number of hydrogen-bond donors (Lipinski definition) is 0. The van der Waals surface area contributed by atoms with Crippen LogP contribution < -0.4 is 0 Å². The Bertz CT molecular complexity index is 170. The number of allylic oxidation sites excluding steroid dienone is 2. The predicted molar refractivity (Wildman–Crippen MR) is 43.3 cm³/mol. The molecule has 0 bridgehead atoms. The highest BCUT2D eigenvalue weighted by molar-refractivity contribution is 5.62. The average Bonchev–Trinajstić information content (AvgIpc) is 2.05. The highest BCUT2D eigenvalue weighted by atomic mass is 14.7. The van der Waals surface area contributed by atoms with Crippen LogP contribution in [0.15, 0.2) is 17.1 Å². The van der Waals surface area contributed by atoms with E-state index in [1.807, 2.05) is 0 Å². The van der Waals surface area contributed by atoms with E-state index in [1.54, 1.807) is 0 Å². The van der Waals surface area contributed by atoms with Crippen molar-refractivity contribution in [2.75, 3.05) is 6.54 Å². The van der Waals surface area contributed by atoms with Crippen LogP contribution in [0.4, 0.5) is 0 Å². The summed E-state index contributed by atoms with van der Waals surface area (Å²) in [5.41, 5.74) is 0. The molecule has 54 valence electrons. The van der Waals surface area contributed by atoms with Gasteiger partial charge in [-0.05, 0) is 25.2 Å². The van der Waals surface area contributed by atoms with Crippen molar-refractivity contribution >= 4 is 6.21 Å². The molecular weight excluding hydrogens is 122 g/mol. The van der Waals surface area contributed by atoms with Gasteiger partial charge in [-0.1, -0.05) is 12.2 Å². The van der Waals surface area contributed by atoms with Crippen LogP contribution in [-0.4, -0.2) is 12.8 Å². The molecule has 2 aliphatic rings. The summed E-state index contributed by atoms with van der Waals surface area (Å²) in [6.45, 7) is 1.06. The van der Waals surface area contributed by atoms with Gasteiger partial charge in [-0.15, -0.1) is 0 Å². The SMILES string of the molecule is C1=CCC2CCN=CC2C1. The Morgan fingerprint density at radius 3 is 3.00 bits per heavy atom. The second-order valence-electron chi connectivity index (χ2n) is 3.21. The number of rotatable bonds is 0. The van der Waals surface area contributed by atoms with Gasteiger partial charge in [0, 0.05) is 18.7 Å². The molecule has 0 saturated carbocycles. The monoisotopic (exact) mass is 135 g/mol. The highest BCUT2D eigenvalue weighted by Gasteiger charge is 2.22. The summed E-state index contributed by atoms with van der Waals surface area (Å²) in [6.07, 6.45) is 10.6. The summed E-state index contributed by atoms with van der Waals surface area (Å²) in [5, 5.41) is 0. The molecule has 1 nitrogen and oxygen atoms in total. The van der Waals surface area contributed by atoms with E-state index in [9.17, 15) is 0 Å². The van der Waals surface area contributed by atoms with Crippen LogP contribution in [0, 0.1) is 11.8 Å². The molecule has 0 aromatic carbocycles. The molecule has 0 saturated heterocycles. The fourth-order valence-corrected chi connectivity index (χ4v) is 1.86. The Morgan fingerprint density at radius 2 is 2.10 bits per heavy atom. The number of aliphatic imine (C=N–C) groups is 1. The Kier molecular flexibility index (Phi) is 1.58. The van der Waals surface area contributed by atoms with E-state index in [0.29, 0.717) is 0 Å². The van der Waals surface area contributed by atoms with Gasteiger partial charge in [0.25, 0.3) is 0 Å². The van der Waals surface area contributed by atoms with Crippen LogP contribution in [0.2, 0.25) is 0 Å². The Hall–Kier alpha value is -0.590. The minimum Gasteiger partial charge on any atom is -0.297 e. The van der Waals surface area contributed by atoms with E-state index in [2.05, 4.69) is 23.4 Å². The second kappa shape index (κ2) is 2.57. The summed E-state index contributed by atoms with van der Waals surface area (Å²) in [5.74, 6) is 1.70. The summed E-state index contributed by atoms with van der Waals surface area (Å²) in [6, 6.07) is 0. The molecule has 0 aromatic rings. The molecule has 1 heteroatoms.